The number of carboxylic acids is 1. The molecular formula is C14H11NO6. The van der Waals surface area contributed by atoms with Gasteiger partial charge in [-0.1, -0.05) is 6.07 Å². The number of likely N-dealkylation sites (tertiary alicyclic amines) is 1. The van der Waals surface area contributed by atoms with Crippen LogP contribution in [0.15, 0.2) is 23.8 Å². The third-order valence-electron chi connectivity index (χ3n) is 3.19. The molecule has 0 radical (unpaired) electrons. The summed E-state index contributed by atoms with van der Waals surface area (Å²) >= 11 is 0. The van der Waals surface area contributed by atoms with Crippen molar-refractivity contribution < 1.29 is 29.0 Å². The second kappa shape index (κ2) is 4.93. The van der Waals surface area contributed by atoms with Crippen molar-refractivity contribution in [3.63, 3.8) is 0 Å². The van der Waals surface area contributed by atoms with Crippen LogP contribution in [0.25, 0.3) is 6.08 Å². The molecule has 0 bridgehead atoms. The highest BCUT2D eigenvalue weighted by atomic mass is 16.7. The number of carbonyl (C=O) groups excluding carboxylic acids is 2. The number of carboxylic acid groups (broad SMARTS) is 1. The maximum atomic E-state index is 12.0. The third kappa shape index (κ3) is 2.45. The van der Waals surface area contributed by atoms with E-state index in [1.165, 1.54) is 0 Å². The molecule has 1 aromatic carbocycles. The van der Waals surface area contributed by atoms with Gasteiger partial charge in [0.05, 0.1) is 6.42 Å². The number of fused-ring (bicyclic) bond motifs is 1. The first kappa shape index (κ1) is 13.2. The molecule has 2 heterocycles. The van der Waals surface area contributed by atoms with Crippen molar-refractivity contribution in [2.75, 3.05) is 13.3 Å². The summed E-state index contributed by atoms with van der Waals surface area (Å²) in [7, 11) is 0. The van der Waals surface area contributed by atoms with E-state index >= 15 is 0 Å². The molecule has 7 nitrogen and oxygen atoms in total. The summed E-state index contributed by atoms with van der Waals surface area (Å²) in [6, 6.07) is 5.15. The Hall–Kier alpha value is -2.83. The van der Waals surface area contributed by atoms with E-state index in [-0.39, 0.29) is 18.8 Å². The number of nitrogens with zero attached hydrogens (tertiary/aromatic N) is 1. The number of rotatable bonds is 3. The minimum Gasteiger partial charge on any atom is -0.480 e. The Morgan fingerprint density at radius 2 is 2.05 bits per heavy atom. The minimum absolute atomic E-state index is 0.0967. The Morgan fingerprint density at radius 3 is 2.81 bits per heavy atom. The van der Waals surface area contributed by atoms with Crippen molar-refractivity contribution in [1.82, 2.24) is 4.90 Å². The van der Waals surface area contributed by atoms with Crippen molar-refractivity contribution in [3.05, 3.63) is 29.3 Å². The minimum atomic E-state index is -1.22. The SMILES string of the molecule is O=C(O)CN1C(=O)C/C(=C\c2ccc3c(c2)OCO3)C1=O. The number of ether oxygens (including phenoxy) is 2. The number of hydrogen-bond acceptors (Lipinski definition) is 5. The van der Waals surface area contributed by atoms with Gasteiger partial charge in [-0.05, 0) is 23.8 Å². The van der Waals surface area contributed by atoms with Crippen LogP contribution in [0.5, 0.6) is 11.5 Å². The topological polar surface area (TPSA) is 93.1 Å². The van der Waals surface area contributed by atoms with E-state index in [0.717, 1.165) is 4.90 Å². The molecule has 2 aliphatic heterocycles. The largest absolute Gasteiger partial charge is 0.480 e. The Bertz CT molecular complexity index is 678. The van der Waals surface area contributed by atoms with Crippen LogP contribution < -0.4 is 9.47 Å². The Kier molecular flexibility index (Phi) is 3.09. The van der Waals surface area contributed by atoms with Crippen LogP contribution in [0.4, 0.5) is 0 Å². The molecule has 0 aromatic heterocycles. The Morgan fingerprint density at radius 1 is 1.29 bits per heavy atom. The molecule has 0 aliphatic carbocycles. The molecule has 0 spiro atoms. The van der Waals surface area contributed by atoms with E-state index in [2.05, 4.69) is 0 Å². The Balaban J connectivity index is 1.85. The van der Waals surface area contributed by atoms with Crippen molar-refractivity contribution in [2.45, 2.75) is 6.42 Å². The normalized spacial score (nSPS) is 18.7. The lowest BCUT2D eigenvalue weighted by atomic mass is 10.1. The maximum absolute atomic E-state index is 12.0. The maximum Gasteiger partial charge on any atom is 0.323 e. The van der Waals surface area contributed by atoms with Gasteiger partial charge in [0, 0.05) is 5.57 Å². The Labute approximate surface area is 119 Å². The molecule has 0 atom stereocenters. The molecule has 2 aliphatic rings. The summed E-state index contributed by atoms with van der Waals surface area (Å²) in [4.78, 5) is 35.1. The smallest absolute Gasteiger partial charge is 0.323 e. The summed E-state index contributed by atoms with van der Waals surface area (Å²) < 4.78 is 10.4. The fraction of sp³-hybridized carbons (Fsp3) is 0.214. The predicted octanol–water partition coefficient (Wildman–Crippen LogP) is 0.642. The highest BCUT2D eigenvalue weighted by molar-refractivity contribution is 6.16. The number of hydrogen-bond donors (Lipinski definition) is 1. The molecule has 21 heavy (non-hydrogen) atoms. The third-order valence-corrected chi connectivity index (χ3v) is 3.19. The molecule has 0 unspecified atom stereocenters. The van der Waals surface area contributed by atoms with E-state index < -0.39 is 24.3 Å². The summed E-state index contributed by atoms with van der Waals surface area (Å²) in [5, 5.41) is 8.70. The van der Waals surface area contributed by atoms with Crippen molar-refractivity contribution >= 4 is 23.9 Å². The molecular weight excluding hydrogens is 278 g/mol. The zero-order valence-corrected chi connectivity index (χ0v) is 10.9. The highest BCUT2D eigenvalue weighted by Gasteiger charge is 2.34. The standard InChI is InChI=1S/C14H11NO6/c16-12-5-9(14(19)15(12)6-13(17)18)3-8-1-2-10-11(4-8)21-7-20-10/h1-4H,5-7H2,(H,17,18)/b9-3+. The molecule has 108 valence electrons. The van der Waals surface area contributed by atoms with Crippen LogP contribution >= 0.6 is 0 Å². The van der Waals surface area contributed by atoms with Crippen LogP contribution in [-0.2, 0) is 14.4 Å². The van der Waals surface area contributed by atoms with Crippen molar-refractivity contribution in [3.8, 4) is 11.5 Å². The molecule has 7 heteroatoms. The second-order valence-corrected chi connectivity index (χ2v) is 4.64. The number of benzene rings is 1. The van der Waals surface area contributed by atoms with E-state index in [0.29, 0.717) is 17.1 Å². The number of amides is 2. The van der Waals surface area contributed by atoms with E-state index in [4.69, 9.17) is 14.6 Å². The first-order valence-electron chi connectivity index (χ1n) is 6.21. The van der Waals surface area contributed by atoms with Crippen molar-refractivity contribution in [2.24, 2.45) is 0 Å². The molecule has 1 aromatic rings. The van der Waals surface area contributed by atoms with Gasteiger partial charge in [0.2, 0.25) is 12.7 Å². The van der Waals surface area contributed by atoms with Crippen LogP contribution in [0.3, 0.4) is 0 Å². The molecule has 1 saturated heterocycles. The van der Waals surface area contributed by atoms with Gasteiger partial charge in [0.1, 0.15) is 6.54 Å². The summed E-state index contributed by atoms with van der Waals surface area (Å²) in [6.07, 6.45) is 1.46. The molecule has 2 amide bonds. The van der Waals surface area contributed by atoms with Gasteiger partial charge in [-0.15, -0.1) is 0 Å². The fourth-order valence-electron chi connectivity index (χ4n) is 2.23. The lowest BCUT2D eigenvalue weighted by Gasteiger charge is -2.09. The average molecular weight is 289 g/mol. The van der Waals surface area contributed by atoms with Gasteiger partial charge in [0.25, 0.3) is 5.91 Å². The van der Waals surface area contributed by atoms with Gasteiger partial charge in [0.15, 0.2) is 11.5 Å². The molecule has 0 saturated carbocycles. The number of imide groups is 1. The summed E-state index contributed by atoms with van der Waals surface area (Å²) in [6.45, 7) is -0.463. The summed E-state index contributed by atoms with van der Waals surface area (Å²) in [5.41, 5.74) is 0.952. The van der Waals surface area contributed by atoms with Crippen LogP contribution in [0.2, 0.25) is 0 Å². The lowest BCUT2D eigenvalue weighted by Crippen LogP contribution is -2.34. The van der Waals surface area contributed by atoms with E-state index in [9.17, 15) is 14.4 Å². The molecule has 3 rings (SSSR count). The number of carbonyl (C=O) groups is 3. The monoisotopic (exact) mass is 289 g/mol. The zero-order chi connectivity index (χ0) is 15.0. The second-order valence-electron chi connectivity index (χ2n) is 4.64. The van der Waals surface area contributed by atoms with Crippen LogP contribution in [0, 0.1) is 0 Å². The van der Waals surface area contributed by atoms with Crippen LogP contribution in [-0.4, -0.2) is 41.1 Å². The highest BCUT2D eigenvalue weighted by Crippen LogP contribution is 2.33. The van der Waals surface area contributed by atoms with Crippen LogP contribution in [0.1, 0.15) is 12.0 Å². The first-order chi connectivity index (χ1) is 10.0. The quantitative estimate of drug-likeness (QED) is 0.648. The average Bonchev–Trinajstić information content (AvgIpc) is 2.98. The molecule has 1 N–H and O–H groups in total. The lowest BCUT2D eigenvalue weighted by molar-refractivity contribution is -0.148. The molecule has 1 fully saturated rings. The van der Waals surface area contributed by atoms with Gasteiger partial charge in [-0.25, -0.2) is 0 Å². The van der Waals surface area contributed by atoms with E-state index in [1.54, 1.807) is 24.3 Å². The number of aliphatic carboxylic acids is 1. The van der Waals surface area contributed by atoms with Gasteiger partial charge >= 0.3 is 5.97 Å². The summed E-state index contributed by atoms with van der Waals surface area (Å²) in [5.74, 6) is -1.10. The van der Waals surface area contributed by atoms with Gasteiger partial charge < -0.3 is 14.6 Å². The van der Waals surface area contributed by atoms with Gasteiger partial charge in [-0.2, -0.15) is 0 Å². The fourth-order valence-corrected chi connectivity index (χ4v) is 2.23. The first-order valence-corrected chi connectivity index (χ1v) is 6.21. The van der Waals surface area contributed by atoms with Crippen molar-refractivity contribution in [1.29, 1.82) is 0 Å². The zero-order valence-electron chi connectivity index (χ0n) is 10.9. The predicted molar refractivity (Wildman–Crippen MR) is 69.5 cm³/mol. The van der Waals surface area contributed by atoms with E-state index in [1.807, 2.05) is 0 Å². The van der Waals surface area contributed by atoms with Gasteiger partial charge in [-0.3, -0.25) is 19.3 Å².